The van der Waals surface area contributed by atoms with Crippen LogP contribution in [0.15, 0.2) is 12.1 Å². The fraction of sp³-hybridized carbons (Fsp3) is 0. The maximum atomic E-state index is 12.6. The lowest BCUT2D eigenvalue weighted by molar-refractivity contribution is -0.387. The lowest BCUT2D eigenvalue weighted by atomic mass is 10.2. The first-order valence-corrected chi connectivity index (χ1v) is 3.26. The number of hydrogen-bond donors (Lipinski definition) is 0. The van der Waals surface area contributed by atoms with Crippen LogP contribution < -0.4 is 0 Å². The molecule has 0 fully saturated rings. The number of hydrogen-bond acceptors (Lipinski definition) is 3. The van der Waals surface area contributed by atoms with Crippen LogP contribution in [-0.4, -0.2) is 11.0 Å². The average molecular weight is 205 g/mol. The fourth-order valence-electron chi connectivity index (χ4n) is 0.828. The number of carbonyl (C=O) groups excluding carboxylic acids is 1. The van der Waals surface area contributed by atoms with Gasteiger partial charge in [-0.3, -0.25) is 14.9 Å². The molecule has 0 aliphatic heterocycles. The second kappa shape index (κ2) is 3.44. The van der Waals surface area contributed by atoms with Crippen molar-refractivity contribution in [3.63, 3.8) is 0 Å². The molecule has 0 aliphatic rings. The first-order chi connectivity index (χ1) is 6.43. The molecular formula is C7H2F3NO3. The largest absolute Gasteiger partial charge is 0.335 e. The Morgan fingerprint density at radius 2 is 1.86 bits per heavy atom. The van der Waals surface area contributed by atoms with Crippen molar-refractivity contribution in [2.75, 3.05) is 0 Å². The second-order valence-corrected chi connectivity index (χ2v) is 2.31. The van der Waals surface area contributed by atoms with E-state index < -0.39 is 33.8 Å². The van der Waals surface area contributed by atoms with Crippen LogP contribution in [0.3, 0.4) is 0 Å². The molecule has 1 aromatic carbocycles. The summed E-state index contributed by atoms with van der Waals surface area (Å²) in [6.07, 6.45) is 0. The number of nitro benzene ring substituents is 1. The standard InChI is InChI=1S/C7H2F3NO3/c8-4-2-5(9)6(11(13)14)1-3(4)7(10)12/h1-2H. The van der Waals surface area contributed by atoms with Crippen molar-refractivity contribution in [2.45, 2.75) is 0 Å². The maximum Gasteiger partial charge on any atom is 0.335 e. The molecule has 7 heteroatoms. The number of rotatable bonds is 2. The molecule has 0 amide bonds. The Kier molecular flexibility index (Phi) is 2.50. The molecular weight excluding hydrogens is 203 g/mol. The summed E-state index contributed by atoms with van der Waals surface area (Å²) in [4.78, 5) is 19.0. The first-order valence-electron chi connectivity index (χ1n) is 3.26. The van der Waals surface area contributed by atoms with Crippen LogP contribution in [0.4, 0.5) is 18.9 Å². The van der Waals surface area contributed by atoms with Crippen molar-refractivity contribution in [1.82, 2.24) is 0 Å². The van der Waals surface area contributed by atoms with Crippen molar-refractivity contribution >= 4 is 11.7 Å². The van der Waals surface area contributed by atoms with E-state index in [-0.39, 0.29) is 12.1 Å². The third kappa shape index (κ3) is 1.70. The Hall–Kier alpha value is -1.92. The number of nitrogens with zero attached hydrogens (tertiary/aromatic N) is 1. The van der Waals surface area contributed by atoms with Crippen LogP contribution in [0, 0.1) is 21.7 Å². The van der Waals surface area contributed by atoms with E-state index in [2.05, 4.69) is 0 Å². The highest BCUT2D eigenvalue weighted by molar-refractivity contribution is 5.89. The van der Waals surface area contributed by atoms with Crippen LogP contribution in [-0.2, 0) is 0 Å². The third-order valence-electron chi connectivity index (χ3n) is 1.44. The summed E-state index contributed by atoms with van der Waals surface area (Å²) in [5.41, 5.74) is -2.30. The van der Waals surface area contributed by atoms with E-state index in [9.17, 15) is 28.1 Å². The number of benzene rings is 1. The zero-order valence-corrected chi connectivity index (χ0v) is 6.46. The summed E-state index contributed by atoms with van der Waals surface area (Å²) in [5.74, 6) is -2.93. The van der Waals surface area contributed by atoms with Gasteiger partial charge in [0.05, 0.1) is 10.5 Å². The molecule has 0 aromatic heterocycles. The van der Waals surface area contributed by atoms with Gasteiger partial charge in [-0.05, 0) is 0 Å². The Balaban J connectivity index is 3.42. The monoisotopic (exact) mass is 205 g/mol. The highest BCUT2D eigenvalue weighted by Crippen LogP contribution is 2.21. The lowest BCUT2D eigenvalue weighted by Gasteiger charge is -1.97. The van der Waals surface area contributed by atoms with Crippen LogP contribution in [0.2, 0.25) is 0 Å². The van der Waals surface area contributed by atoms with Crippen molar-refractivity contribution in [3.8, 4) is 0 Å². The van der Waals surface area contributed by atoms with Gasteiger partial charge in [-0.2, -0.15) is 8.78 Å². The summed E-state index contributed by atoms with van der Waals surface area (Å²) < 4.78 is 37.3. The predicted octanol–water partition coefficient (Wildman–Crippen LogP) is 1.98. The van der Waals surface area contributed by atoms with Crippen LogP contribution in [0.1, 0.15) is 10.4 Å². The van der Waals surface area contributed by atoms with Gasteiger partial charge in [0.2, 0.25) is 5.82 Å². The maximum absolute atomic E-state index is 12.6. The molecule has 0 saturated heterocycles. The molecule has 0 spiro atoms. The molecule has 74 valence electrons. The molecule has 0 saturated carbocycles. The van der Waals surface area contributed by atoms with Crippen LogP contribution in [0.5, 0.6) is 0 Å². The van der Waals surface area contributed by atoms with Crippen molar-refractivity contribution < 1.29 is 22.9 Å². The van der Waals surface area contributed by atoms with Gasteiger partial charge in [-0.1, -0.05) is 0 Å². The van der Waals surface area contributed by atoms with E-state index in [1.165, 1.54) is 0 Å². The van der Waals surface area contributed by atoms with Crippen molar-refractivity contribution in [1.29, 1.82) is 0 Å². The number of halogens is 3. The second-order valence-electron chi connectivity index (χ2n) is 2.31. The van der Waals surface area contributed by atoms with Gasteiger partial charge in [0.15, 0.2) is 0 Å². The third-order valence-corrected chi connectivity index (χ3v) is 1.44. The Morgan fingerprint density at radius 3 is 2.29 bits per heavy atom. The highest BCUT2D eigenvalue weighted by Gasteiger charge is 2.21. The van der Waals surface area contributed by atoms with Gasteiger partial charge in [-0.15, -0.1) is 0 Å². The number of nitro groups is 1. The minimum atomic E-state index is -2.19. The Morgan fingerprint density at radius 1 is 1.29 bits per heavy atom. The summed E-state index contributed by atoms with van der Waals surface area (Å²) >= 11 is 0. The zero-order chi connectivity index (χ0) is 10.9. The van der Waals surface area contributed by atoms with E-state index in [0.29, 0.717) is 0 Å². The molecule has 0 aliphatic carbocycles. The summed E-state index contributed by atoms with van der Waals surface area (Å²) in [6.45, 7) is 0. The topological polar surface area (TPSA) is 60.2 Å². The SMILES string of the molecule is O=C(F)c1cc([N+](=O)[O-])c(F)cc1F. The Bertz CT molecular complexity index is 384. The lowest BCUT2D eigenvalue weighted by Crippen LogP contribution is -2.01. The molecule has 0 N–H and O–H groups in total. The molecule has 14 heavy (non-hydrogen) atoms. The number of carbonyl (C=O) groups is 1. The molecule has 1 aromatic rings. The van der Waals surface area contributed by atoms with E-state index in [1.54, 1.807) is 0 Å². The predicted molar refractivity (Wildman–Crippen MR) is 38.5 cm³/mol. The average Bonchev–Trinajstić information content (AvgIpc) is 2.02. The van der Waals surface area contributed by atoms with Crippen LogP contribution >= 0.6 is 0 Å². The van der Waals surface area contributed by atoms with Gasteiger partial charge < -0.3 is 0 Å². The van der Waals surface area contributed by atoms with Crippen molar-refractivity contribution in [3.05, 3.63) is 39.4 Å². The molecule has 1 rings (SSSR count). The minimum absolute atomic E-state index is 0.0882. The molecule has 0 unspecified atom stereocenters. The van der Waals surface area contributed by atoms with Crippen LogP contribution in [0.25, 0.3) is 0 Å². The van der Waals surface area contributed by atoms with E-state index in [0.717, 1.165) is 0 Å². The normalized spacial score (nSPS) is 9.93. The van der Waals surface area contributed by atoms with Gasteiger partial charge in [0.1, 0.15) is 5.82 Å². The first kappa shape index (κ1) is 10.2. The summed E-state index contributed by atoms with van der Waals surface area (Å²) in [7, 11) is 0. The quantitative estimate of drug-likeness (QED) is 0.421. The molecule has 4 nitrogen and oxygen atoms in total. The Labute approximate surface area is 75.1 Å². The minimum Gasteiger partial charge on any atom is -0.258 e. The molecule has 0 heterocycles. The van der Waals surface area contributed by atoms with E-state index >= 15 is 0 Å². The van der Waals surface area contributed by atoms with Gasteiger partial charge in [0.25, 0.3) is 0 Å². The van der Waals surface area contributed by atoms with E-state index in [1.807, 2.05) is 0 Å². The van der Waals surface area contributed by atoms with Gasteiger partial charge >= 0.3 is 11.7 Å². The summed E-state index contributed by atoms with van der Waals surface area (Å²) in [5, 5.41) is 10.1. The highest BCUT2D eigenvalue weighted by atomic mass is 19.1. The zero-order valence-electron chi connectivity index (χ0n) is 6.46. The summed E-state index contributed by atoms with van der Waals surface area (Å²) in [6, 6.07) is -1.89. The fourth-order valence-corrected chi connectivity index (χ4v) is 0.828. The molecule has 0 bridgehead atoms. The van der Waals surface area contributed by atoms with Crippen molar-refractivity contribution in [2.24, 2.45) is 0 Å². The van der Waals surface area contributed by atoms with Gasteiger partial charge in [-0.25, -0.2) is 4.39 Å². The molecule has 0 atom stereocenters. The van der Waals surface area contributed by atoms with Gasteiger partial charge in [0, 0.05) is 12.1 Å². The van der Waals surface area contributed by atoms with E-state index in [4.69, 9.17) is 0 Å². The smallest absolute Gasteiger partial charge is 0.258 e. The molecule has 0 radical (unpaired) electrons.